The van der Waals surface area contributed by atoms with Crippen LogP contribution in [0.15, 0.2) is 18.2 Å². The van der Waals surface area contributed by atoms with Crippen molar-refractivity contribution in [1.29, 1.82) is 0 Å². The second-order valence-electron chi connectivity index (χ2n) is 4.67. The predicted molar refractivity (Wildman–Crippen MR) is 67.5 cm³/mol. The van der Waals surface area contributed by atoms with Gasteiger partial charge in [-0.05, 0) is 37.1 Å². The average Bonchev–Trinajstić information content (AvgIpc) is 2.83. The van der Waals surface area contributed by atoms with Gasteiger partial charge in [-0.3, -0.25) is 4.79 Å². The molecule has 1 aromatic carbocycles. The molecule has 0 spiro atoms. The number of benzene rings is 1. The fraction of sp³-hybridized carbons (Fsp3) is 0.385. The van der Waals surface area contributed by atoms with Crippen LogP contribution in [0, 0.1) is 18.7 Å². The molecule has 0 aliphatic carbocycles. The fourth-order valence-corrected chi connectivity index (χ4v) is 2.11. The van der Waals surface area contributed by atoms with Crippen molar-refractivity contribution in [3.8, 4) is 0 Å². The largest absolute Gasteiger partial charge is 0.465 e. The van der Waals surface area contributed by atoms with Gasteiger partial charge >= 0.3 is 6.09 Å². The standard InChI is InChI=1S/C13H15FN2O3/c1-8-6-10(2-3-11(8)14)15-12(17)9-4-5-16(7-9)13(18)19/h2-3,6,9H,4-5,7H2,1H3,(H,15,17)(H,18,19). The summed E-state index contributed by atoms with van der Waals surface area (Å²) < 4.78 is 13.1. The molecule has 0 bridgehead atoms. The Morgan fingerprint density at radius 2 is 2.21 bits per heavy atom. The SMILES string of the molecule is Cc1cc(NC(=O)C2CCN(C(=O)O)C2)ccc1F. The van der Waals surface area contributed by atoms with E-state index in [4.69, 9.17) is 5.11 Å². The lowest BCUT2D eigenvalue weighted by atomic mass is 10.1. The highest BCUT2D eigenvalue weighted by Crippen LogP contribution is 2.20. The summed E-state index contributed by atoms with van der Waals surface area (Å²) in [7, 11) is 0. The van der Waals surface area contributed by atoms with Crippen LogP contribution in [0.2, 0.25) is 0 Å². The van der Waals surface area contributed by atoms with Crippen LogP contribution in [0.4, 0.5) is 14.9 Å². The maximum absolute atomic E-state index is 13.1. The lowest BCUT2D eigenvalue weighted by Gasteiger charge is -2.13. The molecule has 0 aromatic heterocycles. The van der Waals surface area contributed by atoms with Crippen LogP contribution < -0.4 is 5.32 Å². The van der Waals surface area contributed by atoms with Gasteiger partial charge in [-0.15, -0.1) is 0 Å². The zero-order chi connectivity index (χ0) is 14.0. The second-order valence-corrected chi connectivity index (χ2v) is 4.67. The molecule has 1 aromatic rings. The van der Waals surface area contributed by atoms with Crippen molar-refractivity contribution in [1.82, 2.24) is 4.90 Å². The van der Waals surface area contributed by atoms with Crippen molar-refractivity contribution >= 4 is 17.7 Å². The van der Waals surface area contributed by atoms with Gasteiger partial charge in [-0.2, -0.15) is 0 Å². The smallest absolute Gasteiger partial charge is 0.407 e. The Morgan fingerprint density at radius 3 is 2.79 bits per heavy atom. The van der Waals surface area contributed by atoms with Gasteiger partial charge in [0.25, 0.3) is 0 Å². The molecule has 102 valence electrons. The summed E-state index contributed by atoms with van der Waals surface area (Å²) in [6.45, 7) is 2.20. The molecular weight excluding hydrogens is 251 g/mol. The molecule has 1 aliphatic rings. The lowest BCUT2D eigenvalue weighted by molar-refractivity contribution is -0.119. The maximum atomic E-state index is 13.1. The molecule has 19 heavy (non-hydrogen) atoms. The molecule has 2 N–H and O–H groups in total. The van der Waals surface area contributed by atoms with Crippen molar-refractivity contribution in [3.63, 3.8) is 0 Å². The first-order chi connectivity index (χ1) is 8.97. The van der Waals surface area contributed by atoms with Crippen LogP contribution in [0.5, 0.6) is 0 Å². The third kappa shape index (κ3) is 3.01. The van der Waals surface area contributed by atoms with Crippen molar-refractivity contribution in [2.75, 3.05) is 18.4 Å². The third-order valence-corrected chi connectivity index (χ3v) is 3.26. The normalized spacial score (nSPS) is 18.4. The van der Waals surface area contributed by atoms with Crippen LogP contribution in [-0.4, -0.2) is 35.1 Å². The number of carbonyl (C=O) groups is 2. The minimum absolute atomic E-state index is 0.210. The Bertz CT molecular complexity index is 519. The van der Waals surface area contributed by atoms with Gasteiger partial charge in [0.05, 0.1) is 5.92 Å². The van der Waals surface area contributed by atoms with Gasteiger partial charge in [0.2, 0.25) is 5.91 Å². The van der Waals surface area contributed by atoms with E-state index < -0.39 is 6.09 Å². The first-order valence-electron chi connectivity index (χ1n) is 6.02. The van der Waals surface area contributed by atoms with E-state index in [0.29, 0.717) is 24.2 Å². The van der Waals surface area contributed by atoms with E-state index in [2.05, 4.69) is 5.32 Å². The molecule has 0 saturated carbocycles. The van der Waals surface area contributed by atoms with E-state index in [9.17, 15) is 14.0 Å². The number of aryl methyl sites for hydroxylation is 1. The van der Waals surface area contributed by atoms with E-state index in [1.807, 2.05) is 0 Å². The third-order valence-electron chi connectivity index (χ3n) is 3.26. The summed E-state index contributed by atoms with van der Waals surface area (Å²) in [5.41, 5.74) is 0.981. The molecule has 1 heterocycles. The Balaban J connectivity index is 1.98. The van der Waals surface area contributed by atoms with Gasteiger partial charge in [0, 0.05) is 18.8 Å². The Labute approximate surface area is 110 Å². The van der Waals surface area contributed by atoms with E-state index in [0.717, 1.165) is 0 Å². The van der Waals surface area contributed by atoms with Crippen molar-refractivity contribution in [2.24, 2.45) is 5.92 Å². The molecule has 1 saturated heterocycles. The highest BCUT2D eigenvalue weighted by atomic mass is 19.1. The zero-order valence-electron chi connectivity index (χ0n) is 10.5. The quantitative estimate of drug-likeness (QED) is 0.861. The van der Waals surface area contributed by atoms with Crippen molar-refractivity contribution < 1.29 is 19.1 Å². The maximum Gasteiger partial charge on any atom is 0.407 e. The number of rotatable bonds is 2. The van der Waals surface area contributed by atoms with Crippen LogP contribution >= 0.6 is 0 Å². The summed E-state index contributed by atoms with van der Waals surface area (Å²) in [4.78, 5) is 23.9. The molecule has 2 rings (SSSR count). The lowest BCUT2D eigenvalue weighted by Crippen LogP contribution is -2.30. The van der Waals surface area contributed by atoms with Gasteiger partial charge in [0.15, 0.2) is 0 Å². The number of likely N-dealkylation sites (tertiary alicyclic amines) is 1. The minimum Gasteiger partial charge on any atom is -0.465 e. The topological polar surface area (TPSA) is 69.6 Å². The molecule has 1 unspecified atom stereocenters. The van der Waals surface area contributed by atoms with Crippen LogP contribution in [0.3, 0.4) is 0 Å². The summed E-state index contributed by atoms with van der Waals surface area (Å²) in [6.07, 6.45) is -0.494. The number of nitrogens with one attached hydrogen (secondary N) is 1. The molecule has 5 nitrogen and oxygen atoms in total. The number of anilines is 1. The molecule has 1 aliphatic heterocycles. The predicted octanol–water partition coefficient (Wildman–Crippen LogP) is 2.07. The molecule has 6 heteroatoms. The van der Waals surface area contributed by atoms with E-state index in [-0.39, 0.29) is 24.2 Å². The number of nitrogens with zero attached hydrogens (tertiary/aromatic N) is 1. The van der Waals surface area contributed by atoms with Gasteiger partial charge in [-0.1, -0.05) is 0 Å². The Kier molecular flexibility index (Phi) is 3.69. The minimum atomic E-state index is -1.01. The number of carbonyl (C=O) groups excluding carboxylic acids is 1. The number of hydrogen-bond acceptors (Lipinski definition) is 2. The van der Waals surface area contributed by atoms with Crippen LogP contribution in [0.25, 0.3) is 0 Å². The fourth-order valence-electron chi connectivity index (χ4n) is 2.11. The molecular formula is C13H15FN2O3. The summed E-state index contributed by atoms with van der Waals surface area (Å²) in [6, 6.07) is 4.34. The van der Waals surface area contributed by atoms with Crippen LogP contribution in [0.1, 0.15) is 12.0 Å². The van der Waals surface area contributed by atoms with Gasteiger partial charge in [-0.25, -0.2) is 9.18 Å². The van der Waals surface area contributed by atoms with Crippen molar-refractivity contribution in [2.45, 2.75) is 13.3 Å². The molecule has 1 fully saturated rings. The number of halogens is 1. The Morgan fingerprint density at radius 1 is 1.47 bits per heavy atom. The highest BCUT2D eigenvalue weighted by Gasteiger charge is 2.30. The van der Waals surface area contributed by atoms with Crippen LogP contribution in [-0.2, 0) is 4.79 Å². The first kappa shape index (κ1) is 13.3. The highest BCUT2D eigenvalue weighted by molar-refractivity contribution is 5.93. The summed E-state index contributed by atoms with van der Waals surface area (Å²) >= 11 is 0. The van der Waals surface area contributed by atoms with E-state index in [1.165, 1.54) is 17.0 Å². The second kappa shape index (κ2) is 5.26. The first-order valence-corrected chi connectivity index (χ1v) is 6.02. The molecule has 0 radical (unpaired) electrons. The number of amides is 2. The summed E-state index contributed by atoms with van der Waals surface area (Å²) in [5.74, 6) is -0.896. The van der Waals surface area contributed by atoms with Gasteiger partial charge in [0.1, 0.15) is 5.82 Å². The number of carboxylic acid groups (broad SMARTS) is 1. The van der Waals surface area contributed by atoms with E-state index in [1.54, 1.807) is 13.0 Å². The number of hydrogen-bond donors (Lipinski definition) is 2. The van der Waals surface area contributed by atoms with Gasteiger partial charge < -0.3 is 15.3 Å². The monoisotopic (exact) mass is 266 g/mol. The van der Waals surface area contributed by atoms with E-state index >= 15 is 0 Å². The molecule has 2 amide bonds. The average molecular weight is 266 g/mol. The Hall–Kier alpha value is -2.11. The summed E-state index contributed by atoms with van der Waals surface area (Å²) in [5, 5.41) is 11.5. The van der Waals surface area contributed by atoms with Crippen molar-refractivity contribution in [3.05, 3.63) is 29.6 Å². The zero-order valence-corrected chi connectivity index (χ0v) is 10.5. The molecule has 1 atom stereocenters.